The Kier molecular flexibility index (Phi) is 7.67. The van der Waals surface area contributed by atoms with Crippen LogP contribution in [-0.2, 0) is 15.3 Å². The quantitative estimate of drug-likeness (QED) is 0.347. The highest BCUT2D eigenvalue weighted by Gasteiger charge is 2.30. The fraction of sp³-hybridized carbons (Fsp3) is 0.409. The molecule has 3 aromatic rings. The van der Waals surface area contributed by atoms with Crippen LogP contribution < -0.4 is 0 Å². The second-order valence-corrected chi connectivity index (χ2v) is 9.92. The first-order chi connectivity index (χ1) is 16.0. The van der Waals surface area contributed by atoms with E-state index in [1.807, 2.05) is 35.8 Å². The summed E-state index contributed by atoms with van der Waals surface area (Å²) >= 11 is 9.08. The Morgan fingerprint density at radius 3 is 2.97 bits per heavy atom. The first-order valence-electron chi connectivity index (χ1n) is 10.7. The number of thiazole rings is 1. The minimum atomic E-state index is -0.266. The van der Waals surface area contributed by atoms with Gasteiger partial charge < -0.3 is 9.64 Å². The first-order valence-corrected chi connectivity index (χ1v) is 12.9. The summed E-state index contributed by atoms with van der Waals surface area (Å²) in [5.74, 6) is 0.676. The SMILES string of the molecule is CCOC(=O)C1CCCN(C(=O)c2csc(CSc3nnc(C)n3-c3cccc(Cl)c3)n2)C1. The summed E-state index contributed by atoms with van der Waals surface area (Å²) in [6.07, 6.45) is 1.52. The zero-order valence-electron chi connectivity index (χ0n) is 18.4. The zero-order chi connectivity index (χ0) is 23.4. The monoisotopic (exact) mass is 505 g/mol. The van der Waals surface area contributed by atoms with Crippen LogP contribution in [-0.4, -0.2) is 56.2 Å². The molecule has 8 nitrogen and oxygen atoms in total. The number of carbonyl (C=O) groups excluding carboxylic acids is 2. The molecule has 3 heterocycles. The van der Waals surface area contributed by atoms with Crippen LogP contribution in [0.4, 0.5) is 0 Å². The van der Waals surface area contributed by atoms with Gasteiger partial charge in [-0.15, -0.1) is 21.5 Å². The van der Waals surface area contributed by atoms with E-state index in [1.165, 1.54) is 23.1 Å². The van der Waals surface area contributed by atoms with Crippen molar-refractivity contribution in [3.05, 3.63) is 51.2 Å². The van der Waals surface area contributed by atoms with Crippen molar-refractivity contribution >= 4 is 46.6 Å². The lowest BCUT2D eigenvalue weighted by Gasteiger charge is -2.31. The lowest BCUT2D eigenvalue weighted by atomic mass is 9.98. The second kappa shape index (κ2) is 10.7. The number of amides is 1. The van der Waals surface area contributed by atoms with Gasteiger partial charge in [-0.1, -0.05) is 29.4 Å². The number of carbonyl (C=O) groups is 2. The topological polar surface area (TPSA) is 90.2 Å². The zero-order valence-corrected chi connectivity index (χ0v) is 20.8. The van der Waals surface area contributed by atoms with E-state index in [1.54, 1.807) is 17.2 Å². The average molecular weight is 506 g/mol. The van der Waals surface area contributed by atoms with Gasteiger partial charge in [-0.05, 0) is 44.9 Å². The third kappa shape index (κ3) is 5.56. The van der Waals surface area contributed by atoms with Crippen molar-refractivity contribution < 1.29 is 14.3 Å². The number of halogens is 1. The van der Waals surface area contributed by atoms with Crippen molar-refractivity contribution in [3.63, 3.8) is 0 Å². The number of esters is 1. The molecule has 1 amide bonds. The highest BCUT2D eigenvalue weighted by atomic mass is 35.5. The van der Waals surface area contributed by atoms with Crippen LogP contribution in [0.3, 0.4) is 0 Å². The van der Waals surface area contributed by atoms with Crippen LogP contribution in [0.1, 0.15) is 41.1 Å². The standard InChI is InChI=1S/C22H24ClN5O3S2/c1-3-31-21(30)15-6-5-9-27(11-15)20(29)18-12-32-19(24-18)13-33-22-26-25-14(2)28(22)17-8-4-7-16(23)10-17/h4,7-8,10,12,15H,3,5-6,9,11,13H2,1-2H3. The van der Waals surface area contributed by atoms with Crippen LogP contribution in [0.15, 0.2) is 34.8 Å². The predicted octanol–water partition coefficient (Wildman–Crippen LogP) is 4.39. The molecule has 0 radical (unpaired) electrons. The second-order valence-electron chi connectivity index (χ2n) is 7.60. The minimum absolute atomic E-state index is 0.144. The summed E-state index contributed by atoms with van der Waals surface area (Å²) in [5.41, 5.74) is 1.30. The summed E-state index contributed by atoms with van der Waals surface area (Å²) in [6, 6.07) is 7.53. The summed E-state index contributed by atoms with van der Waals surface area (Å²) in [4.78, 5) is 31.3. The van der Waals surface area contributed by atoms with Crippen molar-refractivity contribution in [2.75, 3.05) is 19.7 Å². The molecular formula is C22H24ClN5O3S2. The smallest absolute Gasteiger partial charge is 0.310 e. The van der Waals surface area contributed by atoms with Gasteiger partial charge >= 0.3 is 5.97 Å². The normalized spacial score (nSPS) is 16.1. The Morgan fingerprint density at radius 1 is 1.33 bits per heavy atom. The van der Waals surface area contributed by atoms with Crippen molar-refractivity contribution in [3.8, 4) is 5.69 Å². The molecule has 2 aromatic heterocycles. The maximum atomic E-state index is 13.0. The molecule has 1 aromatic carbocycles. The summed E-state index contributed by atoms with van der Waals surface area (Å²) in [5, 5.41) is 12.4. The van der Waals surface area contributed by atoms with E-state index >= 15 is 0 Å². The fourth-order valence-corrected chi connectivity index (χ4v) is 5.69. The molecule has 0 saturated carbocycles. The van der Waals surface area contributed by atoms with Gasteiger partial charge in [0.15, 0.2) is 5.16 Å². The average Bonchev–Trinajstić information content (AvgIpc) is 3.44. The van der Waals surface area contributed by atoms with Gasteiger partial charge in [0.05, 0.1) is 24.0 Å². The number of likely N-dealkylation sites (tertiary alicyclic amines) is 1. The fourth-order valence-electron chi connectivity index (χ4n) is 3.73. The van der Waals surface area contributed by atoms with Gasteiger partial charge in [-0.3, -0.25) is 14.2 Å². The summed E-state index contributed by atoms with van der Waals surface area (Å²) < 4.78 is 7.07. The van der Waals surface area contributed by atoms with Gasteiger partial charge in [0.2, 0.25) is 0 Å². The molecule has 174 valence electrons. The molecule has 1 fully saturated rings. The lowest BCUT2D eigenvalue weighted by Crippen LogP contribution is -2.43. The third-order valence-corrected chi connectivity index (χ3v) is 7.49. The summed E-state index contributed by atoms with van der Waals surface area (Å²) in [6.45, 7) is 5.03. The van der Waals surface area contributed by atoms with Crippen LogP contribution in [0, 0.1) is 12.8 Å². The van der Waals surface area contributed by atoms with E-state index in [0.29, 0.717) is 36.2 Å². The first kappa shape index (κ1) is 23.7. The maximum absolute atomic E-state index is 13.0. The molecule has 1 aliphatic heterocycles. The Morgan fingerprint density at radius 2 is 2.18 bits per heavy atom. The molecule has 0 bridgehead atoms. The molecule has 1 atom stereocenters. The van der Waals surface area contributed by atoms with Crippen LogP contribution >= 0.6 is 34.7 Å². The molecule has 33 heavy (non-hydrogen) atoms. The maximum Gasteiger partial charge on any atom is 0.310 e. The third-order valence-electron chi connectivity index (χ3n) is 5.29. The van der Waals surface area contributed by atoms with Crippen molar-refractivity contribution in [2.24, 2.45) is 5.92 Å². The molecule has 1 aliphatic rings. The van der Waals surface area contributed by atoms with Crippen LogP contribution in [0.2, 0.25) is 5.02 Å². The Labute approximate surface area is 205 Å². The Hall–Kier alpha value is -2.43. The number of hydrogen-bond donors (Lipinski definition) is 0. The number of thioether (sulfide) groups is 1. The number of aryl methyl sites for hydroxylation is 1. The van der Waals surface area contributed by atoms with Gasteiger partial charge in [0.25, 0.3) is 5.91 Å². The minimum Gasteiger partial charge on any atom is -0.466 e. The molecule has 11 heteroatoms. The number of benzene rings is 1. The largest absolute Gasteiger partial charge is 0.466 e. The Bertz CT molecular complexity index is 1150. The molecular weight excluding hydrogens is 482 g/mol. The number of hydrogen-bond acceptors (Lipinski definition) is 8. The van der Waals surface area contributed by atoms with E-state index in [-0.39, 0.29) is 17.8 Å². The van der Waals surface area contributed by atoms with Gasteiger partial charge in [-0.2, -0.15) is 0 Å². The van der Waals surface area contributed by atoms with E-state index in [0.717, 1.165) is 34.5 Å². The Balaban J connectivity index is 1.41. The molecule has 0 spiro atoms. The van der Waals surface area contributed by atoms with Gasteiger partial charge in [0, 0.05) is 23.5 Å². The molecule has 1 unspecified atom stereocenters. The van der Waals surface area contributed by atoms with Gasteiger partial charge in [0.1, 0.15) is 16.5 Å². The van der Waals surface area contributed by atoms with E-state index in [2.05, 4.69) is 15.2 Å². The van der Waals surface area contributed by atoms with Crippen LogP contribution in [0.25, 0.3) is 5.69 Å². The highest BCUT2D eigenvalue weighted by molar-refractivity contribution is 7.98. The van der Waals surface area contributed by atoms with Crippen molar-refractivity contribution in [2.45, 2.75) is 37.6 Å². The number of rotatable bonds is 7. The van der Waals surface area contributed by atoms with E-state index in [4.69, 9.17) is 16.3 Å². The number of ether oxygens (including phenoxy) is 1. The highest BCUT2D eigenvalue weighted by Crippen LogP contribution is 2.28. The van der Waals surface area contributed by atoms with E-state index < -0.39 is 0 Å². The summed E-state index contributed by atoms with van der Waals surface area (Å²) in [7, 11) is 0. The molecule has 0 aliphatic carbocycles. The lowest BCUT2D eigenvalue weighted by molar-refractivity contribution is -0.149. The van der Waals surface area contributed by atoms with Crippen molar-refractivity contribution in [1.29, 1.82) is 0 Å². The van der Waals surface area contributed by atoms with Crippen molar-refractivity contribution in [1.82, 2.24) is 24.6 Å². The van der Waals surface area contributed by atoms with Gasteiger partial charge in [-0.25, -0.2) is 4.98 Å². The number of piperidine rings is 1. The van der Waals surface area contributed by atoms with E-state index in [9.17, 15) is 9.59 Å². The number of nitrogens with zero attached hydrogens (tertiary/aromatic N) is 5. The molecule has 1 saturated heterocycles. The predicted molar refractivity (Wildman–Crippen MR) is 128 cm³/mol. The number of aromatic nitrogens is 4. The van der Waals surface area contributed by atoms with Crippen LogP contribution in [0.5, 0.6) is 0 Å². The molecule has 4 rings (SSSR count). The molecule has 0 N–H and O–H groups in total.